The third-order valence-corrected chi connectivity index (χ3v) is 4.35. The Morgan fingerprint density at radius 2 is 1.70 bits per heavy atom. The Balaban J connectivity index is 1.51. The molecule has 2 aromatic rings. The van der Waals surface area contributed by atoms with Crippen molar-refractivity contribution in [1.29, 1.82) is 0 Å². The van der Waals surface area contributed by atoms with Gasteiger partial charge in [-0.15, -0.1) is 0 Å². The molecule has 1 saturated heterocycles. The minimum Gasteiger partial charge on any atom is -0.343 e. The monoisotopic (exact) mass is 367 g/mol. The van der Waals surface area contributed by atoms with E-state index in [-0.39, 0.29) is 24.3 Å². The van der Waals surface area contributed by atoms with E-state index < -0.39 is 0 Å². The van der Waals surface area contributed by atoms with Gasteiger partial charge in [-0.3, -0.25) is 19.4 Å². The third kappa shape index (κ3) is 4.87. The Kier molecular flexibility index (Phi) is 6.09. The summed E-state index contributed by atoms with van der Waals surface area (Å²) in [6, 6.07) is 8.76. The summed E-state index contributed by atoms with van der Waals surface area (Å²) in [7, 11) is 0. The molecule has 1 aliphatic rings. The first kappa shape index (κ1) is 18.5. The van der Waals surface area contributed by atoms with Gasteiger partial charge in [0.15, 0.2) is 0 Å². The van der Waals surface area contributed by atoms with Gasteiger partial charge >= 0.3 is 0 Å². The topological polar surface area (TPSA) is 95.5 Å². The lowest BCUT2D eigenvalue weighted by Crippen LogP contribution is -2.42. The minimum absolute atomic E-state index is 0.0637. The summed E-state index contributed by atoms with van der Waals surface area (Å²) in [5.41, 5.74) is 0.814. The maximum atomic E-state index is 12.5. The Hall–Kier alpha value is -3.29. The number of aromatic nitrogens is 2. The summed E-state index contributed by atoms with van der Waals surface area (Å²) in [6.07, 6.45) is 5.11. The van der Waals surface area contributed by atoms with Gasteiger partial charge in [-0.1, -0.05) is 18.2 Å². The lowest BCUT2D eigenvalue weighted by atomic mass is 10.2. The molecule has 0 saturated carbocycles. The number of hydrogen-bond donors (Lipinski definition) is 1. The zero-order chi connectivity index (χ0) is 19.1. The molecule has 0 radical (unpaired) electrons. The van der Waals surface area contributed by atoms with Crippen molar-refractivity contribution in [3.63, 3.8) is 0 Å². The smallest absolute Gasteiger partial charge is 0.274 e. The number of carbonyl (C=O) groups is 3. The maximum Gasteiger partial charge on any atom is 0.274 e. The van der Waals surface area contributed by atoms with Crippen molar-refractivity contribution in [2.45, 2.75) is 6.42 Å². The molecule has 1 aliphatic heterocycles. The van der Waals surface area contributed by atoms with E-state index in [2.05, 4.69) is 15.3 Å². The Labute approximate surface area is 157 Å². The molecule has 8 nitrogen and oxygen atoms in total. The van der Waals surface area contributed by atoms with Crippen LogP contribution in [0, 0.1) is 0 Å². The number of nitrogens with one attached hydrogen (secondary N) is 1. The summed E-state index contributed by atoms with van der Waals surface area (Å²) in [5, 5.41) is 2.65. The summed E-state index contributed by atoms with van der Waals surface area (Å²) in [5.74, 6) is -0.624. The zero-order valence-corrected chi connectivity index (χ0v) is 14.9. The van der Waals surface area contributed by atoms with Crippen LogP contribution in [0.5, 0.6) is 0 Å². The molecular formula is C19H21N5O3. The molecule has 0 bridgehead atoms. The van der Waals surface area contributed by atoms with Gasteiger partial charge in [-0.25, -0.2) is 4.98 Å². The highest BCUT2D eigenvalue weighted by molar-refractivity contribution is 5.96. The van der Waals surface area contributed by atoms with E-state index in [0.717, 1.165) is 0 Å². The summed E-state index contributed by atoms with van der Waals surface area (Å²) in [6.45, 7) is 1.88. The highest BCUT2D eigenvalue weighted by Gasteiger charge is 2.23. The first-order chi connectivity index (χ1) is 13.1. The van der Waals surface area contributed by atoms with E-state index in [9.17, 15) is 14.4 Å². The van der Waals surface area contributed by atoms with Gasteiger partial charge in [0.2, 0.25) is 5.91 Å². The van der Waals surface area contributed by atoms with Crippen LogP contribution in [0.3, 0.4) is 0 Å². The molecule has 27 heavy (non-hydrogen) atoms. The van der Waals surface area contributed by atoms with Gasteiger partial charge in [-0.2, -0.15) is 0 Å². The second kappa shape index (κ2) is 8.88. The quantitative estimate of drug-likeness (QED) is 0.853. The summed E-state index contributed by atoms with van der Waals surface area (Å²) >= 11 is 0. The van der Waals surface area contributed by atoms with Crippen LogP contribution in [0.15, 0.2) is 48.9 Å². The van der Waals surface area contributed by atoms with Crippen molar-refractivity contribution in [3.8, 4) is 0 Å². The van der Waals surface area contributed by atoms with E-state index >= 15 is 0 Å². The average molecular weight is 367 g/mol. The predicted molar refractivity (Wildman–Crippen MR) is 97.9 cm³/mol. The number of carbonyl (C=O) groups excluding carboxylic acids is 3. The van der Waals surface area contributed by atoms with Crippen LogP contribution >= 0.6 is 0 Å². The van der Waals surface area contributed by atoms with Crippen LogP contribution in [0.25, 0.3) is 0 Å². The second-order valence-electron chi connectivity index (χ2n) is 6.17. The van der Waals surface area contributed by atoms with Gasteiger partial charge in [0, 0.05) is 44.1 Å². The van der Waals surface area contributed by atoms with Crippen LogP contribution < -0.4 is 5.32 Å². The predicted octanol–water partition coefficient (Wildman–Crippen LogP) is 0.581. The highest BCUT2D eigenvalue weighted by atomic mass is 16.2. The lowest BCUT2D eigenvalue weighted by Gasteiger charge is -2.22. The molecular weight excluding hydrogens is 346 g/mol. The van der Waals surface area contributed by atoms with Crippen molar-refractivity contribution in [1.82, 2.24) is 25.1 Å². The highest BCUT2D eigenvalue weighted by Crippen LogP contribution is 2.07. The minimum atomic E-state index is -0.279. The maximum absolute atomic E-state index is 12.5. The van der Waals surface area contributed by atoms with Gasteiger partial charge in [0.25, 0.3) is 11.8 Å². The molecule has 0 aliphatic carbocycles. The molecule has 140 valence electrons. The molecule has 0 spiro atoms. The van der Waals surface area contributed by atoms with E-state index in [0.29, 0.717) is 43.9 Å². The molecule has 1 aromatic heterocycles. The van der Waals surface area contributed by atoms with E-state index in [4.69, 9.17) is 0 Å². The van der Waals surface area contributed by atoms with Gasteiger partial charge in [0.05, 0.1) is 12.7 Å². The average Bonchev–Trinajstić information content (AvgIpc) is 2.99. The van der Waals surface area contributed by atoms with Crippen molar-refractivity contribution < 1.29 is 14.4 Å². The molecule has 0 atom stereocenters. The van der Waals surface area contributed by atoms with Crippen molar-refractivity contribution >= 4 is 17.7 Å². The molecule has 0 unspecified atom stereocenters. The Morgan fingerprint density at radius 3 is 2.44 bits per heavy atom. The number of rotatable bonds is 4. The molecule has 1 N–H and O–H groups in total. The van der Waals surface area contributed by atoms with Crippen molar-refractivity contribution in [3.05, 3.63) is 60.2 Å². The Morgan fingerprint density at radius 1 is 0.963 bits per heavy atom. The van der Waals surface area contributed by atoms with Crippen LogP contribution in [-0.4, -0.2) is 70.2 Å². The molecule has 3 rings (SSSR count). The zero-order valence-electron chi connectivity index (χ0n) is 14.9. The van der Waals surface area contributed by atoms with E-state index in [1.807, 2.05) is 6.07 Å². The van der Waals surface area contributed by atoms with Crippen molar-refractivity contribution in [2.24, 2.45) is 0 Å². The van der Waals surface area contributed by atoms with E-state index in [1.54, 1.807) is 34.1 Å². The second-order valence-corrected chi connectivity index (χ2v) is 6.17. The van der Waals surface area contributed by atoms with Crippen LogP contribution in [-0.2, 0) is 4.79 Å². The van der Waals surface area contributed by atoms with Crippen LogP contribution in [0.1, 0.15) is 27.3 Å². The van der Waals surface area contributed by atoms with Crippen molar-refractivity contribution in [2.75, 3.05) is 32.7 Å². The third-order valence-electron chi connectivity index (χ3n) is 4.35. The van der Waals surface area contributed by atoms with E-state index in [1.165, 1.54) is 18.6 Å². The molecule has 1 fully saturated rings. The number of hydrogen-bond acceptors (Lipinski definition) is 5. The first-order valence-electron chi connectivity index (χ1n) is 8.81. The normalized spacial score (nSPS) is 14.4. The lowest BCUT2D eigenvalue weighted by molar-refractivity contribution is -0.129. The van der Waals surface area contributed by atoms with Gasteiger partial charge < -0.3 is 15.1 Å². The fourth-order valence-corrected chi connectivity index (χ4v) is 2.90. The Bertz CT molecular complexity index is 798. The van der Waals surface area contributed by atoms with Gasteiger partial charge in [0.1, 0.15) is 5.69 Å². The fourth-order valence-electron chi connectivity index (χ4n) is 2.90. The molecule has 1 aromatic carbocycles. The SMILES string of the molecule is O=C(NCC(=O)N1CCCN(C(=O)c2cnccn2)CC1)c1ccccc1. The summed E-state index contributed by atoms with van der Waals surface area (Å²) < 4.78 is 0. The molecule has 3 amide bonds. The fraction of sp³-hybridized carbons (Fsp3) is 0.316. The number of amides is 3. The standard InChI is InChI=1S/C19H21N5O3/c25-17(14-22-18(26)15-5-2-1-3-6-15)23-9-4-10-24(12-11-23)19(27)16-13-20-7-8-21-16/h1-3,5-8,13H,4,9-12,14H2,(H,22,26). The van der Waals surface area contributed by atoms with Crippen LogP contribution in [0.2, 0.25) is 0 Å². The first-order valence-corrected chi connectivity index (χ1v) is 8.81. The number of nitrogens with zero attached hydrogens (tertiary/aromatic N) is 4. The van der Waals surface area contributed by atoms with Crippen LogP contribution in [0.4, 0.5) is 0 Å². The summed E-state index contributed by atoms with van der Waals surface area (Å²) in [4.78, 5) is 48.2. The molecule has 8 heteroatoms. The largest absolute Gasteiger partial charge is 0.343 e. The molecule has 2 heterocycles. The van der Waals surface area contributed by atoms with Gasteiger partial charge in [-0.05, 0) is 18.6 Å². The number of benzene rings is 1.